The van der Waals surface area contributed by atoms with Crippen LogP contribution in [0.1, 0.15) is 35.5 Å². The van der Waals surface area contributed by atoms with E-state index in [-0.39, 0.29) is 23.7 Å². The molecule has 1 aliphatic rings. The van der Waals surface area contributed by atoms with E-state index in [4.69, 9.17) is 0 Å². The van der Waals surface area contributed by atoms with Crippen LogP contribution >= 0.6 is 0 Å². The molecule has 3 rings (SSSR count). The van der Waals surface area contributed by atoms with Crippen molar-refractivity contribution >= 4 is 17.8 Å². The highest BCUT2D eigenvalue weighted by atomic mass is 16.5. The molecule has 8 heteroatoms. The molecule has 0 aliphatic carbocycles. The van der Waals surface area contributed by atoms with E-state index in [1.54, 1.807) is 6.20 Å². The van der Waals surface area contributed by atoms with Crippen LogP contribution in [-0.4, -0.2) is 59.7 Å². The Balaban J connectivity index is 1.63. The quantitative estimate of drug-likeness (QED) is 0.761. The second kappa shape index (κ2) is 9.56. The zero-order chi connectivity index (χ0) is 21.7. The van der Waals surface area contributed by atoms with Crippen LogP contribution in [0.2, 0.25) is 0 Å². The normalized spacial score (nSPS) is 16.5. The number of benzene rings is 1. The van der Waals surface area contributed by atoms with Crippen molar-refractivity contribution in [2.45, 2.75) is 33.4 Å². The Morgan fingerprint density at radius 3 is 2.50 bits per heavy atom. The summed E-state index contributed by atoms with van der Waals surface area (Å²) in [5, 5.41) is 3.04. The molecule has 0 radical (unpaired) electrons. The molecule has 2 aromatic rings. The Morgan fingerprint density at radius 2 is 1.90 bits per heavy atom. The maximum Gasteiger partial charge on any atom is 0.358 e. The number of anilines is 1. The van der Waals surface area contributed by atoms with Gasteiger partial charge < -0.3 is 19.9 Å². The van der Waals surface area contributed by atoms with Gasteiger partial charge >= 0.3 is 12.0 Å². The molecule has 1 atom stereocenters. The van der Waals surface area contributed by atoms with Crippen molar-refractivity contribution in [3.8, 4) is 0 Å². The SMILES string of the molecule is COC(=O)c1cnc(N2CCN(C(=O)NCc3ccc(C)cc3)C(C(C)C)C2)cn1. The minimum Gasteiger partial charge on any atom is -0.464 e. The Hall–Kier alpha value is -3.16. The fraction of sp³-hybridized carbons (Fsp3) is 0.455. The Bertz CT molecular complexity index is 867. The number of methoxy groups -OCH3 is 1. The fourth-order valence-electron chi connectivity index (χ4n) is 3.52. The highest BCUT2D eigenvalue weighted by molar-refractivity contribution is 5.86. The molecule has 1 aliphatic heterocycles. The number of amides is 2. The molecule has 2 amide bonds. The lowest BCUT2D eigenvalue weighted by Crippen LogP contribution is -2.59. The first-order chi connectivity index (χ1) is 14.4. The van der Waals surface area contributed by atoms with Gasteiger partial charge in [0.1, 0.15) is 5.82 Å². The number of piperazine rings is 1. The van der Waals surface area contributed by atoms with Crippen molar-refractivity contribution in [2.75, 3.05) is 31.6 Å². The highest BCUT2D eigenvalue weighted by Crippen LogP contribution is 2.21. The molecule has 0 bridgehead atoms. The third-order valence-corrected chi connectivity index (χ3v) is 5.37. The van der Waals surface area contributed by atoms with Gasteiger partial charge in [0, 0.05) is 26.2 Å². The van der Waals surface area contributed by atoms with Crippen LogP contribution in [0.4, 0.5) is 10.6 Å². The van der Waals surface area contributed by atoms with E-state index in [0.717, 1.165) is 5.56 Å². The highest BCUT2D eigenvalue weighted by Gasteiger charge is 2.33. The first-order valence-corrected chi connectivity index (χ1v) is 10.1. The maximum atomic E-state index is 12.9. The van der Waals surface area contributed by atoms with E-state index in [9.17, 15) is 9.59 Å². The number of hydrogen-bond acceptors (Lipinski definition) is 6. The van der Waals surface area contributed by atoms with E-state index in [1.165, 1.54) is 18.9 Å². The number of rotatable bonds is 5. The number of aryl methyl sites for hydroxylation is 1. The van der Waals surface area contributed by atoms with Gasteiger partial charge in [0.25, 0.3) is 0 Å². The molecule has 8 nitrogen and oxygen atoms in total. The molecule has 1 saturated heterocycles. The van der Waals surface area contributed by atoms with Gasteiger partial charge in [0.2, 0.25) is 0 Å². The summed E-state index contributed by atoms with van der Waals surface area (Å²) in [6.45, 7) is 8.66. The molecular weight excluding hydrogens is 382 g/mol. The Kier molecular flexibility index (Phi) is 6.87. The summed E-state index contributed by atoms with van der Waals surface area (Å²) >= 11 is 0. The summed E-state index contributed by atoms with van der Waals surface area (Å²) in [4.78, 5) is 36.9. The number of aromatic nitrogens is 2. The Labute approximate surface area is 177 Å². The topological polar surface area (TPSA) is 87.7 Å². The van der Waals surface area contributed by atoms with E-state index >= 15 is 0 Å². The summed E-state index contributed by atoms with van der Waals surface area (Å²) in [5.41, 5.74) is 2.45. The van der Waals surface area contributed by atoms with Gasteiger partial charge in [-0.2, -0.15) is 0 Å². The van der Waals surface area contributed by atoms with Crippen LogP contribution in [0, 0.1) is 12.8 Å². The zero-order valence-corrected chi connectivity index (χ0v) is 18.0. The average molecular weight is 412 g/mol. The van der Waals surface area contributed by atoms with Gasteiger partial charge in [0.05, 0.1) is 25.5 Å². The number of hydrogen-bond donors (Lipinski definition) is 1. The van der Waals surface area contributed by atoms with Gasteiger partial charge in [-0.05, 0) is 18.4 Å². The molecule has 0 spiro atoms. The van der Waals surface area contributed by atoms with Gasteiger partial charge in [-0.25, -0.2) is 19.6 Å². The van der Waals surface area contributed by atoms with E-state index in [0.29, 0.717) is 32.0 Å². The molecule has 1 unspecified atom stereocenters. The molecular formula is C22H29N5O3. The monoisotopic (exact) mass is 411 g/mol. The Morgan fingerprint density at radius 1 is 1.17 bits per heavy atom. The fourth-order valence-corrected chi connectivity index (χ4v) is 3.52. The summed E-state index contributed by atoms with van der Waals surface area (Å²) < 4.78 is 4.67. The van der Waals surface area contributed by atoms with E-state index in [2.05, 4.69) is 38.8 Å². The number of urea groups is 1. The third-order valence-electron chi connectivity index (χ3n) is 5.37. The second-order valence-electron chi connectivity index (χ2n) is 7.85. The lowest BCUT2D eigenvalue weighted by Gasteiger charge is -2.43. The second-order valence-corrected chi connectivity index (χ2v) is 7.85. The van der Waals surface area contributed by atoms with Crippen molar-refractivity contribution in [3.05, 3.63) is 53.5 Å². The van der Waals surface area contributed by atoms with Crippen LogP contribution in [0.3, 0.4) is 0 Å². The minimum absolute atomic E-state index is 0.0406. The van der Waals surface area contributed by atoms with Crippen molar-refractivity contribution in [1.82, 2.24) is 20.2 Å². The lowest BCUT2D eigenvalue weighted by atomic mass is 10.00. The van der Waals surface area contributed by atoms with Crippen LogP contribution in [0.25, 0.3) is 0 Å². The molecule has 30 heavy (non-hydrogen) atoms. The molecule has 1 fully saturated rings. The molecule has 0 saturated carbocycles. The van der Waals surface area contributed by atoms with Crippen LogP contribution < -0.4 is 10.2 Å². The van der Waals surface area contributed by atoms with Crippen LogP contribution in [0.15, 0.2) is 36.7 Å². The van der Waals surface area contributed by atoms with E-state index in [1.807, 2.05) is 36.1 Å². The van der Waals surface area contributed by atoms with Gasteiger partial charge in [0.15, 0.2) is 5.69 Å². The summed E-state index contributed by atoms with van der Waals surface area (Å²) in [6, 6.07) is 8.14. The average Bonchev–Trinajstić information content (AvgIpc) is 2.77. The van der Waals surface area contributed by atoms with Crippen molar-refractivity contribution < 1.29 is 14.3 Å². The van der Waals surface area contributed by atoms with Crippen LogP contribution in [-0.2, 0) is 11.3 Å². The van der Waals surface area contributed by atoms with Crippen LogP contribution in [0.5, 0.6) is 0 Å². The number of carbonyl (C=O) groups is 2. The van der Waals surface area contributed by atoms with E-state index < -0.39 is 5.97 Å². The van der Waals surface area contributed by atoms with Gasteiger partial charge in [-0.3, -0.25) is 0 Å². The van der Waals surface area contributed by atoms with Crippen molar-refractivity contribution in [1.29, 1.82) is 0 Å². The predicted molar refractivity (Wildman–Crippen MR) is 114 cm³/mol. The largest absolute Gasteiger partial charge is 0.464 e. The first-order valence-electron chi connectivity index (χ1n) is 10.1. The van der Waals surface area contributed by atoms with Gasteiger partial charge in [-0.1, -0.05) is 43.7 Å². The first kappa shape index (κ1) is 21.5. The molecule has 160 valence electrons. The molecule has 2 heterocycles. The smallest absolute Gasteiger partial charge is 0.358 e. The van der Waals surface area contributed by atoms with Crippen molar-refractivity contribution in [2.24, 2.45) is 5.92 Å². The number of carbonyl (C=O) groups excluding carboxylic acids is 2. The lowest BCUT2D eigenvalue weighted by molar-refractivity contribution is 0.0593. The van der Waals surface area contributed by atoms with Crippen molar-refractivity contribution in [3.63, 3.8) is 0 Å². The molecule has 1 aromatic carbocycles. The zero-order valence-electron chi connectivity index (χ0n) is 18.0. The number of nitrogens with zero attached hydrogens (tertiary/aromatic N) is 4. The van der Waals surface area contributed by atoms with Gasteiger partial charge in [-0.15, -0.1) is 0 Å². The number of esters is 1. The molecule has 1 aromatic heterocycles. The number of nitrogens with one attached hydrogen (secondary N) is 1. The summed E-state index contributed by atoms with van der Waals surface area (Å²) in [5.74, 6) is 0.456. The summed E-state index contributed by atoms with van der Waals surface area (Å²) in [7, 11) is 1.31. The standard InChI is InChI=1S/C22H29N5O3/c1-15(2)19-14-26(20-13-23-18(12-24-20)21(28)30-4)9-10-27(19)22(29)25-11-17-7-5-16(3)6-8-17/h5-8,12-13,15,19H,9-11,14H2,1-4H3,(H,25,29). The maximum absolute atomic E-state index is 12.9. The predicted octanol–water partition coefficient (Wildman–Crippen LogP) is 2.63. The number of ether oxygens (including phenoxy) is 1. The molecule has 1 N–H and O–H groups in total. The minimum atomic E-state index is -0.510. The third kappa shape index (κ3) is 5.06. The summed E-state index contributed by atoms with van der Waals surface area (Å²) in [6.07, 6.45) is 3.00.